The summed E-state index contributed by atoms with van der Waals surface area (Å²) >= 11 is 5.36. The molecule has 0 spiro atoms. The van der Waals surface area contributed by atoms with Crippen LogP contribution in [0.25, 0.3) is 10.8 Å². The Morgan fingerprint density at radius 2 is 1.34 bits per heavy atom. The Morgan fingerprint density at radius 1 is 0.897 bits per heavy atom. The number of carbonyl (C=O) groups excluding carboxylic acids is 1. The monoisotopic (exact) mass is 446 g/mol. The molecular weight excluding hydrogens is 418 g/mol. The van der Waals surface area contributed by atoms with E-state index >= 15 is 0 Å². The summed E-state index contributed by atoms with van der Waals surface area (Å²) in [5.74, 6) is 5.06. The van der Waals surface area contributed by atoms with Gasteiger partial charge in [0.2, 0.25) is 0 Å². The second-order valence-electron chi connectivity index (χ2n) is 6.88. The van der Waals surface area contributed by atoms with Gasteiger partial charge in [-0.2, -0.15) is 0 Å². The summed E-state index contributed by atoms with van der Waals surface area (Å²) in [6, 6.07) is 23.5. The van der Waals surface area contributed by atoms with Crippen LogP contribution in [0.3, 0.4) is 0 Å². The van der Waals surface area contributed by atoms with Crippen LogP contribution in [0.2, 0.25) is 0 Å². The number of rotatable bonds is 1. The van der Waals surface area contributed by atoms with E-state index in [0.29, 0.717) is 5.56 Å². The van der Waals surface area contributed by atoms with E-state index in [4.69, 9.17) is 17.4 Å². The molecule has 3 rings (SSSR count). The number of hydrogen-bond acceptors (Lipinski definition) is 4. The average molecular weight is 447 g/mol. The summed E-state index contributed by atoms with van der Waals surface area (Å²) in [6.45, 7) is 8.10. The van der Waals surface area contributed by atoms with Crippen LogP contribution in [0.4, 0.5) is 0 Å². The normalized spacial score (nSPS) is 9.17. The van der Waals surface area contributed by atoms with Gasteiger partial charge in [-0.05, 0) is 62.2 Å². The number of nitrogens with one attached hydrogen (secondary N) is 1. The fraction of sp³-hybridized carbons (Fsp3) is 0.227. The van der Waals surface area contributed by atoms with Gasteiger partial charge in [0.15, 0.2) is 0 Å². The molecule has 0 aliphatic rings. The molecule has 3 aromatic rings. The van der Waals surface area contributed by atoms with Crippen molar-refractivity contribution in [2.45, 2.75) is 33.2 Å². The Kier molecular flexibility index (Phi) is 19.0. The third-order valence-electron chi connectivity index (χ3n) is 3.35. The van der Waals surface area contributed by atoms with Crippen LogP contribution in [0.15, 0.2) is 72.8 Å². The van der Waals surface area contributed by atoms with Crippen LogP contribution in [0.5, 0.6) is 0 Å². The van der Waals surface area contributed by atoms with Crippen LogP contribution in [-0.2, 0) is 0 Å². The zero-order valence-corrected chi connectivity index (χ0v) is 21.2. The summed E-state index contributed by atoms with van der Waals surface area (Å²) in [5.41, 5.74) is 4.54. The number of fused-ring (bicyclic) bond motifs is 1. The zero-order chi connectivity index (χ0) is 19.6. The van der Waals surface area contributed by atoms with E-state index in [0.717, 1.165) is 10.8 Å². The third-order valence-corrected chi connectivity index (χ3v) is 3.57. The summed E-state index contributed by atoms with van der Waals surface area (Å²) in [4.78, 5) is 10.9. The third kappa shape index (κ3) is 14.6. The van der Waals surface area contributed by atoms with Crippen molar-refractivity contribution >= 4 is 40.0 Å². The Hall–Kier alpha value is -0.950. The van der Waals surface area contributed by atoms with Crippen LogP contribution < -0.4 is 40.8 Å². The first-order valence-corrected chi connectivity index (χ1v) is 8.79. The molecule has 0 heterocycles. The molecule has 4 nitrogen and oxygen atoms in total. The van der Waals surface area contributed by atoms with Crippen LogP contribution in [-0.4, -0.2) is 16.3 Å². The number of hydrogen-bond donors (Lipinski definition) is 2. The molecule has 0 fully saturated rings. The second kappa shape index (κ2) is 16.8. The maximum Gasteiger partial charge on any atom is 1.00 e. The smallest absolute Gasteiger partial charge is 0.870 e. The first-order valence-electron chi connectivity index (χ1n) is 8.41. The van der Waals surface area contributed by atoms with Gasteiger partial charge in [0.25, 0.3) is 5.24 Å². The molecule has 4 N–H and O–H groups in total. The minimum absolute atomic E-state index is 0. The first kappa shape index (κ1) is 32.7. The van der Waals surface area contributed by atoms with Gasteiger partial charge in [-0.3, -0.25) is 16.1 Å². The second-order valence-corrected chi connectivity index (χ2v) is 7.23. The zero-order valence-electron chi connectivity index (χ0n) is 17.6. The van der Waals surface area contributed by atoms with E-state index in [-0.39, 0.29) is 53.0 Å². The van der Waals surface area contributed by atoms with Gasteiger partial charge in [-0.25, -0.2) is 0 Å². The SMILES string of the molecule is CC(C)(C)NN.Cc1ccccc1.Cl.O=C(Cl)c1ccc2ccccc2c1.[Na+].[OH-]. The molecule has 0 saturated heterocycles. The first-order chi connectivity index (χ1) is 12.2. The van der Waals surface area contributed by atoms with Crippen LogP contribution in [0.1, 0.15) is 36.7 Å². The van der Waals surface area contributed by atoms with Crippen LogP contribution in [0, 0.1) is 6.92 Å². The van der Waals surface area contributed by atoms with Gasteiger partial charge in [-0.1, -0.05) is 66.2 Å². The van der Waals surface area contributed by atoms with E-state index in [1.807, 2.05) is 69.3 Å². The Bertz CT molecular complexity index is 826. The topological polar surface area (TPSA) is 85.1 Å². The quantitative estimate of drug-likeness (QED) is 0.260. The van der Waals surface area contributed by atoms with Crippen molar-refractivity contribution in [2.75, 3.05) is 0 Å². The van der Waals surface area contributed by atoms with Gasteiger partial charge in [0, 0.05) is 11.1 Å². The number of carbonyl (C=O) groups is 1. The van der Waals surface area contributed by atoms with Crippen molar-refractivity contribution in [3.63, 3.8) is 0 Å². The fourth-order valence-electron chi connectivity index (χ4n) is 1.85. The van der Waals surface area contributed by atoms with Crippen molar-refractivity contribution in [3.8, 4) is 0 Å². The van der Waals surface area contributed by atoms with Gasteiger partial charge in [-0.15, -0.1) is 12.4 Å². The number of halogens is 2. The summed E-state index contributed by atoms with van der Waals surface area (Å²) in [7, 11) is 0. The number of nitrogens with two attached hydrogens (primary N) is 1. The standard InChI is InChI=1S/C11H7ClO.C7H8.C4H12N2.ClH.Na.H2O/c12-11(13)10-6-5-8-3-1-2-4-9(8)7-10;1-7-5-3-2-4-6-7;1-4(2,3)6-5;;;/h1-7H;2-6H,1H3;6H,5H2,1-3H3;1H;;1H2/q;;;;+1;/p-1. The van der Waals surface area contributed by atoms with E-state index in [1.165, 1.54) is 5.56 Å². The minimum atomic E-state index is -0.411. The number of benzene rings is 3. The fourth-order valence-corrected chi connectivity index (χ4v) is 1.96. The molecule has 0 amide bonds. The van der Waals surface area contributed by atoms with Gasteiger partial charge in [0.05, 0.1) is 0 Å². The van der Waals surface area contributed by atoms with Crippen molar-refractivity contribution in [2.24, 2.45) is 5.84 Å². The molecule has 7 heteroatoms. The van der Waals surface area contributed by atoms with E-state index in [1.54, 1.807) is 12.1 Å². The molecule has 0 atom stereocenters. The molecular formula is C22H29Cl2N2NaO2. The van der Waals surface area contributed by atoms with Gasteiger partial charge in [0.1, 0.15) is 0 Å². The van der Waals surface area contributed by atoms with Crippen molar-refractivity contribution in [3.05, 3.63) is 83.9 Å². The van der Waals surface area contributed by atoms with Gasteiger partial charge < -0.3 is 5.48 Å². The molecule has 29 heavy (non-hydrogen) atoms. The maximum atomic E-state index is 10.9. The molecule has 0 aliphatic heterocycles. The van der Waals surface area contributed by atoms with E-state index in [9.17, 15) is 4.79 Å². The Morgan fingerprint density at radius 3 is 1.72 bits per heavy atom. The predicted octanol–water partition coefficient (Wildman–Crippen LogP) is 2.71. The maximum absolute atomic E-state index is 10.9. The number of hydrazine groups is 1. The molecule has 0 bridgehead atoms. The minimum Gasteiger partial charge on any atom is -0.870 e. The van der Waals surface area contributed by atoms with E-state index in [2.05, 4.69) is 24.5 Å². The molecule has 154 valence electrons. The largest absolute Gasteiger partial charge is 1.00 e. The summed E-state index contributed by atoms with van der Waals surface area (Å²) < 4.78 is 0. The molecule has 0 aromatic heterocycles. The number of aryl methyl sites for hydroxylation is 1. The molecule has 3 aromatic carbocycles. The van der Waals surface area contributed by atoms with Crippen molar-refractivity contribution in [1.82, 2.24) is 5.43 Å². The molecule has 0 saturated carbocycles. The van der Waals surface area contributed by atoms with Crippen molar-refractivity contribution < 1.29 is 39.8 Å². The molecule has 0 radical (unpaired) electrons. The van der Waals surface area contributed by atoms with Gasteiger partial charge >= 0.3 is 29.6 Å². The summed E-state index contributed by atoms with van der Waals surface area (Å²) in [6.07, 6.45) is 0. The Labute approximate surface area is 207 Å². The van der Waals surface area contributed by atoms with Crippen molar-refractivity contribution in [1.29, 1.82) is 0 Å². The van der Waals surface area contributed by atoms with E-state index < -0.39 is 5.24 Å². The molecule has 0 aliphatic carbocycles. The Balaban J connectivity index is -0.000000367. The average Bonchev–Trinajstić information content (AvgIpc) is 2.62. The molecule has 0 unspecified atom stereocenters. The van der Waals surface area contributed by atoms with Crippen LogP contribution >= 0.6 is 24.0 Å². The summed E-state index contributed by atoms with van der Waals surface area (Å²) in [5, 5.41) is 1.74. The predicted molar refractivity (Wildman–Crippen MR) is 122 cm³/mol.